The van der Waals surface area contributed by atoms with E-state index in [1.807, 2.05) is 38.1 Å². The Hall–Kier alpha value is -1.53. The summed E-state index contributed by atoms with van der Waals surface area (Å²) in [5.74, 6) is -0.365. The van der Waals surface area contributed by atoms with Gasteiger partial charge in [-0.1, -0.05) is 12.1 Å². The molecule has 0 bridgehead atoms. The van der Waals surface area contributed by atoms with Crippen LogP contribution >= 0.6 is 11.8 Å². The van der Waals surface area contributed by atoms with E-state index in [-0.39, 0.29) is 17.7 Å². The first kappa shape index (κ1) is 16.5. The summed E-state index contributed by atoms with van der Waals surface area (Å²) in [4.78, 5) is 25.8. The van der Waals surface area contributed by atoms with Gasteiger partial charge in [-0.05, 0) is 33.2 Å². The van der Waals surface area contributed by atoms with Gasteiger partial charge in [0.25, 0.3) is 5.91 Å². The topological polar surface area (TPSA) is 75.4 Å². The number of benzene rings is 1. The molecule has 1 atom stereocenters. The monoisotopic (exact) mass is 295 g/mol. The molecular weight excluding hydrogens is 274 g/mol. The predicted octanol–water partition coefficient (Wildman–Crippen LogP) is 0.944. The van der Waals surface area contributed by atoms with Crippen LogP contribution in [0.2, 0.25) is 0 Å². The van der Waals surface area contributed by atoms with Crippen molar-refractivity contribution in [3.8, 4) is 0 Å². The Labute approximate surface area is 123 Å². The molecule has 0 saturated heterocycles. The van der Waals surface area contributed by atoms with E-state index in [9.17, 15) is 9.59 Å². The molecule has 3 N–H and O–H groups in total. The fraction of sp³-hybridized carbons (Fsp3) is 0.429. The van der Waals surface area contributed by atoms with Gasteiger partial charge in [0.1, 0.15) is 0 Å². The van der Waals surface area contributed by atoms with Crippen molar-refractivity contribution < 1.29 is 9.59 Å². The van der Waals surface area contributed by atoms with Crippen molar-refractivity contribution in [3.05, 3.63) is 29.8 Å². The second kappa shape index (κ2) is 7.91. The number of rotatable bonds is 7. The molecule has 1 aromatic carbocycles. The molecule has 0 fully saturated rings. The summed E-state index contributed by atoms with van der Waals surface area (Å²) < 4.78 is 0. The van der Waals surface area contributed by atoms with E-state index in [0.29, 0.717) is 12.1 Å². The van der Waals surface area contributed by atoms with E-state index < -0.39 is 5.91 Å². The van der Waals surface area contributed by atoms with Crippen molar-refractivity contribution in [2.75, 3.05) is 26.4 Å². The van der Waals surface area contributed by atoms with Crippen LogP contribution in [0.15, 0.2) is 29.2 Å². The lowest BCUT2D eigenvalue weighted by atomic mass is 10.2. The molecule has 0 aliphatic heterocycles. The van der Waals surface area contributed by atoms with Crippen LogP contribution in [0.25, 0.3) is 0 Å². The first-order valence-corrected chi connectivity index (χ1v) is 7.35. The molecule has 0 aliphatic carbocycles. The number of carbonyl (C=O) groups excluding carboxylic acids is 2. The minimum absolute atomic E-state index is 0.133. The number of amides is 2. The van der Waals surface area contributed by atoms with Crippen molar-refractivity contribution in [2.45, 2.75) is 17.9 Å². The number of likely N-dealkylation sites (N-methyl/N-ethyl adjacent to an activating group) is 1. The summed E-state index contributed by atoms with van der Waals surface area (Å²) in [5, 5.41) is 2.90. The van der Waals surface area contributed by atoms with Gasteiger partial charge in [-0.15, -0.1) is 11.8 Å². The van der Waals surface area contributed by atoms with Crippen LogP contribution in [-0.2, 0) is 4.79 Å². The van der Waals surface area contributed by atoms with Gasteiger partial charge in [-0.3, -0.25) is 9.59 Å². The first-order chi connectivity index (χ1) is 9.41. The number of nitrogens with one attached hydrogen (secondary N) is 1. The maximum Gasteiger partial charge on any atom is 0.252 e. The Bertz CT molecular complexity index is 477. The number of hydrogen-bond donors (Lipinski definition) is 2. The first-order valence-electron chi connectivity index (χ1n) is 6.36. The second-order valence-corrected chi connectivity index (χ2v) is 5.79. The van der Waals surface area contributed by atoms with Crippen LogP contribution in [0, 0.1) is 0 Å². The zero-order valence-electron chi connectivity index (χ0n) is 12.1. The van der Waals surface area contributed by atoms with Crippen LogP contribution < -0.4 is 11.1 Å². The lowest BCUT2D eigenvalue weighted by molar-refractivity contribution is -0.115. The Kier molecular flexibility index (Phi) is 6.54. The molecule has 1 rings (SSSR count). The number of hydrogen-bond acceptors (Lipinski definition) is 4. The third-order valence-corrected chi connectivity index (χ3v) is 4.04. The number of thioether (sulfide) groups is 1. The van der Waals surface area contributed by atoms with Crippen LogP contribution in [0.5, 0.6) is 0 Å². The van der Waals surface area contributed by atoms with Gasteiger partial charge in [0.15, 0.2) is 0 Å². The quantitative estimate of drug-likeness (QED) is 0.734. The summed E-state index contributed by atoms with van der Waals surface area (Å²) in [6.07, 6.45) is 0. The standard InChI is InChI=1S/C14H21N3O2S/c1-10(17(2)3)8-16-14(19)11-6-4-5-7-12(11)20-9-13(15)18/h4-7,10H,8-9H2,1-3H3,(H2,15,18)(H,16,19). The molecular formula is C14H21N3O2S. The minimum atomic E-state index is -0.397. The zero-order valence-corrected chi connectivity index (χ0v) is 12.9. The molecule has 110 valence electrons. The van der Waals surface area contributed by atoms with Gasteiger partial charge in [0.2, 0.25) is 5.91 Å². The summed E-state index contributed by atoms with van der Waals surface area (Å²) in [6, 6.07) is 7.46. The van der Waals surface area contributed by atoms with Crippen molar-refractivity contribution >= 4 is 23.6 Å². The second-order valence-electron chi connectivity index (χ2n) is 4.77. The average Bonchev–Trinajstić information content (AvgIpc) is 2.42. The molecule has 20 heavy (non-hydrogen) atoms. The van der Waals surface area contributed by atoms with Crippen molar-refractivity contribution in [1.29, 1.82) is 0 Å². The van der Waals surface area contributed by atoms with Gasteiger partial charge < -0.3 is 16.0 Å². The lowest BCUT2D eigenvalue weighted by Gasteiger charge is -2.20. The lowest BCUT2D eigenvalue weighted by Crippen LogP contribution is -2.38. The molecule has 5 nitrogen and oxygen atoms in total. The van der Waals surface area contributed by atoms with Gasteiger partial charge >= 0.3 is 0 Å². The van der Waals surface area contributed by atoms with E-state index in [2.05, 4.69) is 5.32 Å². The minimum Gasteiger partial charge on any atom is -0.369 e. The molecule has 0 aromatic heterocycles. The fourth-order valence-electron chi connectivity index (χ4n) is 1.45. The average molecular weight is 295 g/mol. The number of nitrogens with two attached hydrogens (primary N) is 1. The van der Waals surface area contributed by atoms with Crippen LogP contribution in [0.3, 0.4) is 0 Å². The molecule has 0 spiro atoms. The number of carbonyl (C=O) groups is 2. The van der Waals surface area contributed by atoms with E-state index in [1.54, 1.807) is 12.1 Å². The van der Waals surface area contributed by atoms with E-state index in [1.165, 1.54) is 11.8 Å². The molecule has 6 heteroatoms. The maximum atomic E-state index is 12.2. The summed E-state index contributed by atoms with van der Waals surface area (Å²) in [7, 11) is 3.93. The molecule has 0 heterocycles. The number of nitrogens with zero attached hydrogens (tertiary/aromatic N) is 1. The Morgan fingerprint density at radius 2 is 2.00 bits per heavy atom. The fourth-order valence-corrected chi connectivity index (χ4v) is 2.24. The normalized spacial score (nSPS) is 12.2. The molecule has 0 radical (unpaired) electrons. The molecule has 1 aromatic rings. The smallest absolute Gasteiger partial charge is 0.252 e. The van der Waals surface area contributed by atoms with Crippen molar-refractivity contribution in [1.82, 2.24) is 10.2 Å². The van der Waals surface area contributed by atoms with E-state index in [0.717, 1.165) is 4.90 Å². The summed E-state index contributed by atoms with van der Waals surface area (Å²) in [5.41, 5.74) is 5.71. The molecule has 1 unspecified atom stereocenters. The van der Waals surface area contributed by atoms with E-state index in [4.69, 9.17) is 5.73 Å². The van der Waals surface area contributed by atoms with Gasteiger partial charge in [-0.25, -0.2) is 0 Å². The third-order valence-electron chi connectivity index (χ3n) is 2.94. The largest absolute Gasteiger partial charge is 0.369 e. The van der Waals surface area contributed by atoms with Gasteiger partial charge in [-0.2, -0.15) is 0 Å². The third kappa shape index (κ3) is 5.22. The zero-order chi connectivity index (χ0) is 15.1. The van der Waals surface area contributed by atoms with Crippen LogP contribution in [0.1, 0.15) is 17.3 Å². The van der Waals surface area contributed by atoms with Gasteiger partial charge in [0.05, 0.1) is 11.3 Å². The highest BCUT2D eigenvalue weighted by atomic mass is 32.2. The SMILES string of the molecule is CC(CNC(=O)c1ccccc1SCC(N)=O)N(C)C. The van der Waals surface area contributed by atoms with Crippen molar-refractivity contribution in [2.24, 2.45) is 5.73 Å². The molecule has 0 aliphatic rings. The maximum absolute atomic E-state index is 12.2. The highest BCUT2D eigenvalue weighted by Crippen LogP contribution is 2.22. The Balaban J connectivity index is 2.69. The Morgan fingerprint density at radius 1 is 1.35 bits per heavy atom. The molecule has 0 saturated carbocycles. The summed E-state index contributed by atoms with van der Waals surface area (Å²) in [6.45, 7) is 2.61. The highest BCUT2D eigenvalue weighted by Gasteiger charge is 2.13. The number of primary amides is 1. The molecule has 2 amide bonds. The van der Waals surface area contributed by atoms with E-state index >= 15 is 0 Å². The van der Waals surface area contributed by atoms with Crippen molar-refractivity contribution in [3.63, 3.8) is 0 Å². The van der Waals surface area contributed by atoms with Crippen LogP contribution in [-0.4, -0.2) is 49.1 Å². The predicted molar refractivity (Wildman–Crippen MR) is 81.8 cm³/mol. The van der Waals surface area contributed by atoms with Gasteiger partial charge in [0, 0.05) is 17.5 Å². The summed E-state index contributed by atoms with van der Waals surface area (Å²) >= 11 is 1.28. The Morgan fingerprint density at radius 3 is 2.60 bits per heavy atom. The van der Waals surface area contributed by atoms with Crippen LogP contribution in [0.4, 0.5) is 0 Å². The highest BCUT2D eigenvalue weighted by molar-refractivity contribution is 8.00.